The molecular weight excluding hydrogens is 299 g/mol. The van der Waals surface area contributed by atoms with Gasteiger partial charge in [0.15, 0.2) is 11.5 Å². The largest absolute Gasteiger partial charge is 0.534 e. The van der Waals surface area contributed by atoms with Gasteiger partial charge in [-0.1, -0.05) is 12.1 Å². The number of halogens is 3. The number of alkyl halides is 3. The van der Waals surface area contributed by atoms with Crippen molar-refractivity contribution in [1.29, 1.82) is 0 Å². The minimum Gasteiger partial charge on any atom is -0.491 e. The molecule has 2 rings (SSSR count). The van der Waals surface area contributed by atoms with Gasteiger partial charge in [0.2, 0.25) is 0 Å². The molecule has 20 heavy (non-hydrogen) atoms. The topological polar surface area (TPSA) is 65.5 Å². The van der Waals surface area contributed by atoms with Gasteiger partial charge in [0, 0.05) is 5.39 Å². The monoisotopic (exact) mass is 307 g/mol. The van der Waals surface area contributed by atoms with Gasteiger partial charge in [-0.15, -0.1) is 0 Å². The molecule has 0 radical (unpaired) electrons. The van der Waals surface area contributed by atoms with Crippen molar-refractivity contribution < 1.29 is 30.5 Å². The fourth-order valence-corrected chi connectivity index (χ4v) is 1.97. The molecule has 0 aliphatic heterocycles. The normalized spacial score (nSPS) is 12.4. The Morgan fingerprint density at radius 1 is 1.20 bits per heavy atom. The zero-order valence-electron chi connectivity index (χ0n) is 10.0. The molecule has 2 aromatic rings. The highest BCUT2D eigenvalue weighted by molar-refractivity contribution is 7.88. The average molecular weight is 307 g/mol. The molecule has 0 fully saturated rings. The van der Waals surface area contributed by atoms with Crippen LogP contribution >= 0.6 is 0 Å². The lowest BCUT2D eigenvalue weighted by Crippen LogP contribution is -2.28. The van der Waals surface area contributed by atoms with E-state index in [0.29, 0.717) is 0 Å². The number of hydrogen-bond donors (Lipinski definition) is 0. The van der Waals surface area contributed by atoms with Gasteiger partial charge >= 0.3 is 15.6 Å². The molecule has 5 nitrogen and oxygen atoms in total. The van der Waals surface area contributed by atoms with E-state index in [9.17, 15) is 21.6 Å². The summed E-state index contributed by atoms with van der Waals surface area (Å²) in [6.07, 6.45) is 1.09. The standard InChI is InChI=1S/C11H8F3NO4S/c1-18-9-6-15-8-5-3-2-4-7(8)10(9)19-20(16,17)11(12,13)14/h2-6H,1H3. The second-order valence-electron chi connectivity index (χ2n) is 3.66. The van der Waals surface area contributed by atoms with Gasteiger partial charge in [-0.05, 0) is 12.1 Å². The molecule has 0 amide bonds. The van der Waals surface area contributed by atoms with Gasteiger partial charge in [-0.3, -0.25) is 4.98 Å². The van der Waals surface area contributed by atoms with E-state index in [2.05, 4.69) is 9.17 Å². The van der Waals surface area contributed by atoms with Crippen LogP contribution in [0, 0.1) is 0 Å². The zero-order chi connectivity index (χ0) is 15.0. The van der Waals surface area contributed by atoms with Gasteiger partial charge in [0.05, 0.1) is 18.8 Å². The molecule has 0 unspecified atom stereocenters. The summed E-state index contributed by atoms with van der Waals surface area (Å²) in [6, 6.07) is 5.99. The number of nitrogens with zero attached hydrogens (tertiary/aromatic N) is 1. The number of para-hydroxylation sites is 1. The molecule has 0 saturated heterocycles. The van der Waals surface area contributed by atoms with Crippen molar-refractivity contribution in [1.82, 2.24) is 4.98 Å². The minimum atomic E-state index is -5.78. The number of hydrogen-bond acceptors (Lipinski definition) is 5. The lowest BCUT2D eigenvalue weighted by atomic mass is 10.2. The number of ether oxygens (including phenoxy) is 1. The molecule has 0 aliphatic carbocycles. The maximum atomic E-state index is 12.4. The third-order valence-corrected chi connectivity index (χ3v) is 3.34. The van der Waals surface area contributed by atoms with E-state index >= 15 is 0 Å². The number of methoxy groups -OCH3 is 1. The summed E-state index contributed by atoms with van der Waals surface area (Å²) in [5.74, 6) is -0.757. The lowest BCUT2D eigenvalue weighted by molar-refractivity contribution is -0.0500. The Morgan fingerprint density at radius 2 is 1.85 bits per heavy atom. The molecule has 1 aromatic carbocycles. The van der Waals surface area contributed by atoms with Crippen LogP contribution in [0.5, 0.6) is 11.5 Å². The Kier molecular flexibility index (Phi) is 3.46. The number of rotatable bonds is 3. The Bertz CT molecular complexity index is 743. The van der Waals surface area contributed by atoms with Crippen LogP contribution in [-0.2, 0) is 10.1 Å². The van der Waals surface area contributed by atoms with Crippen LogP contribution in [-0.4, -0.2) is 26.0 Å². The molecule has 108 valence electrons. The maximum Gasteiger partial charge on any atom is 0.534 e. The first-order chi connectivity index (χ1) is 9.26. The SMILES string of the molecule is COc1cnc2ccccc2c1OS(=O)(=O)C(F)(F)F. The summed E-state index contributed by atoms with van der Waals surface area (Å²) in [5.41, 5.74) is -5.25. The molecule has 1 heterocycles. The zero-order valence-corrected chi connectivity index (χ0v) is 10.8. The van der Waals surface area contributed by atoms with Crippen molar-refractivity contribution >= 4 is 21.0 Å². The van der Waals surface area contributed by atoms with Gasteiger partial charge in [0.1, 0.15) is 0 Å². The average Bonchev–Trinajstić information content (AvgIpc) is 2.37. The Hall–Kier alpha value is -2.03. The van der Waals surface area contributed by atoms with E-state index in [0.717, 1.165) is 6.20 Å². The molecule has 0 N–H and O–H groups in total. The first kappa shape index (κ1) is 14.4. The summed E-state index contributed by atoms with van der Waals surface area (Å²) in [5, 5.41) is 0.0969. The van der Waals surface area contributed by atoms with E-state index in [1.807, 2.05) is 0 Å². The number of aromatic nitrogens is 1. The maximum absolute atomic E-state index is 12.4. The predicted molar refractivity (Wildman–Crippen MR) is 63.9 cm³/mol. The van der Waals surface area contributed by atoms with Crippen LogP contribution in [0.4, 0.5) is 13.2 Å². The van der Waals surface area contributed by atoms with Gasteiger partial charge in [-0.2, -0.15) is 21.6 Å². The summed E-state index contributed by atoms with van der Waals surface area (Å²) in [6.45, 7) is 0. The fourth-order valence-electron chi connectivity index (χ4n) is 1.49. The van der Waals surface area contributed by atoms with Crippen LogP contribution in [0.15, 0.2) is 30.5 Å². The Morgan fingerprint density at radius 3 is 2.45 bits per heavy atom. The molecule has 0 spiro atoms. The van der Waals surface area contributed by atoms with Crippen LogP contribution < -0.4 is 8.92 Å². The molecule has 0 bridgehead atoms. The molecule has 9 heteroatoms. The number of pyridine rings is 1. The summed E-state index contributed by atoms with van der Waals surface area (Å²) in [7, 11) is -4.62. The van der Waals surface area contributed by atoms with Gasteiger partial charge in [-0.25, -0.2) is 0 Å². The third-order valence-electron chi connectivity index (χ3n) is 2.39. The van der Waals surface area contributed by atoms with Crippen LogP contribution in [0.25, 0.3) is 10.9 Å². The van der Waals surface area contributed by atoms with E-state index in [-0.39, 0.29) is 16.7 Å². The predicted octanol–water partition coefficient (Wildman–Crippen LogP) is 2.47. The Labute approximate surface area is 112 Å². The van der Waals surface area contributed by atoms with Crippen molar-refractivity contribution in [3.05, 3.63) is 30.5 Å². The summed E-state index contributed by atoms with van der Waals surface area (Å²) >= 11 is 0. The first-order valence-electron chi connectivity index (χ1n) is 5.19. The minimum absolute atomic E-state index is 0.0969. The fraction of sp³-hybridized carbons (Fsp3) is 0.182. The second-order valence-corrected chi connectivity index (χ2v) is 5.19. The van der Waals surface area contributed by atoms with Crippen molar-refractivity contribution in [3.8, 4) is 11.5 Å². The highest BCUT2D eigenvalue weighted by atomic mass is 32.2. The molecule has 1 aromatic heterocycles. The van der Waals surface area contributed by atoms with E-state index in [1.54, 1.807) is 6.07 Å². The lowest BCUT2D eigenvalue weighted by Gasteiger charge is -2.13. The van der Waals surface area contributed by atoms with Gasteiger partial charge in [0.25, 0.3) is 0 Å². The van der Waals surface area contributed by atoms with Crippen molar-refractivity contribution in [2.24, 2.45) is 0 Å². The highest BCUT2D eigenvalue weighted by Crippen LogP contribution is 2.37. The second kappa shape index (κ2) is 4.82. The molecule has 0 saturated carbocycles. The van der Waals surface area contributed by atoms with E-state index < -0.39 is 21.4 Å². The van der Waals surface area contributed by atoms with Crippen LogP contribution in [0.2, 0.25) is 0 Å². The highest BCUT2D eigenvalue weighted by Gasteiger charge is 2.49. The van der Waals surface area contributed by atoms with E-state index in [1.165, 1.54) is 25.3 Å². The quantitative estimate of drug-likeness (QED) is 0.644. The van der Waals surface area contributed by atoms with Crippen molar-refractivity contribution in [2.45, 2.75) is 5.51 Å². The summed E-state index contributed by atoms with van der Waals surface area (Å²) in [4.78, 5) is 3.92. The Balaban J connectivity index is 2.64. The van der Waals surface area contributed by atoms with Crippen molar-refractivity contribution in [2.75, 3.05) is 7.11 Å². The third kappa shape index (κ3) is 2.48. The van der Waals surface area contributed by atoms with Crippen molar-refractivity contribution in [3.63, 3.8) is 0 Å². The number of fused-ring (bicyclic) bond motifs is 1. The molecular formula is C11H8F3NO4S. The van der Waals surface area contributed by atoms with E-state index in [4.69, 9.17) is 4.74 Å². The molecule has 0 atom stereocenters. The van der Waals surface area contributed by atoms with Gasteiger partial charge < -0.3 is 8.92 Å². The number of benzene rings is 1. The first-order valence-corrected chi connectivity index (χ1v) is 6.59. The van der Waals surface area contributed by atoms with Crippen LogP contribution in [0.3, 0.4) is 0 Å². The smallest absolute Gasteiger partial charge is 0.491 e. The summed E-state index contributed by atoms with van der Waals surface area (Å²) < 4.78 is 68.4. The molecule has 0 aliphatic rings. The van der Waals surface area contributed by atoms with Crippen LogP contribution in [0.1, 0.15) is 0 Å².